The second-order valence-corrected chi connectivity index (χ2v) is 8.31. The molecule has 0 fully saturated rings. The molecule has 25 heavy (non-hydrogen) atoms. The Labute approximate surface area is 148 Å². The van der Waals surface area contributed by atoms with Crippen LogP contribution in [0.2, 0.25) is 0 Å². The van der Waals surface area contributed by atoms with Crippen LogP contribution < -0.4 is 5.32 Å². The molecular weight excluding hydrogens is 338 g/mol. The van der Waals surface area contributed by atoms with Crippen molar-refractivity contribution in [3.05, 3.63) is 66.2 Å². The maximum absolute atomic E-state index is 12.8. The molecule has 1 atom stereocenters. The molecule has 0 saturated heterocycles. The third-order valence-corrected chi connectivity index (χ3v) is 5.61. The highest BCUT2D eigenvalue weighted by atomic mass is 32.2. The van der Waals surface area contributed by atoms with E-state index in [0.717, 1.165) is 5.56 Å². The summed E-state index contributed by atoms with van der Waals surface area (Å²) < 4.78 is 30.8. The second kappa shape index (κ2) is 8.67. The molecule has 2 rings (SSSR count). The van der Waals surface area contributed by atoms with Crippen molar-refractivity contribution in [1.29, 1.82) is 0 Å². The van der Waals surface area contributed by atoms with Crippen molar-refractivity contribution >= 4 is 15.9 Å². The number of alkyl carbamates (subject to hydrolysis) is 1. The number of hydrogen-bond acceptors (Lipinski definition) is 4. The average Bonchev–Trinajstić information content (AvgIpc) is 2.60. The molecule has 0 radical (unpaired) electrons. The van der Waals surface area contributed by atoms with Gasteiger partial charge in [-0.05, 0) is 30.0 Å². The normalized spacial score (nSPS) is 12.6. The zero-order chi connectivity index (χ0) is 18.3. The van der Waals surface area contributed by atoms with Crippen LogP contribution in [0.3, 0.4) is 0 Å². The van der Waals surface area contributed by atoms with Crippen molar-refractivity contribution in [2.24, 2.45) is 5.92 Å². The highest BCUT2D eigenvalue weighted by Crippen LogP contribution is 2.19. The van der Waals surface area contributed by atoms with Gasteiger partial charge in [-0.3, -0.25) is 0 Å². The van der Waals surface area contributed by atoms with Crippen LogP contribution in [0, 0.1) is 5.92 Å². The number of sulfone groups is 1. The van der Waals surface area contributed by atoms with Crippen molar-refractivity contribution in [2.45, 2.75) is 37.1 Å². The Kier molecular flexibility index (Phi) is 6.58. The van der Waals surface area contributed by atoms with Crippen LogP contribution in [-0.4, -0.2) is 19.9 Å². The zero-order valence-corrected chi connectivity index (χ0v) is 15.2. The fraction of sp³-hybridized carbons (Fsp3) is 0.316. The van der Waals surface area contributed by atoms with Gasteiger partial charge in [0.2, 0.25) is 0 Å². The Morgan fingerprint density at radius 1 is 1.00 bits per heavy atom. The molecule has 6 heteroatoms. The first-order valence-electron chi connectivity index (χ1n) is 8.15. The number of benzene rings is 2. The fourth-order valence-electron chi connectivity index (χ4n) is 2.36. The molecule has 2 aromatic carbocycles. The number of ether oxygens (including phenoxy) is 1. The molecule has 1 amide bonds. The van der Waals surface area contributed by atoms with Crippen LogP contribution in [-0.2, 0) is 21.2 Å². The molecule has 2 aromatic rings. The van der Waals surface area contributed by atoms with Gasteiger partial charge >= 0.3 is 6.09 Å². The lowest BCUT2D eigenvalue weighted by Crippen LogP contribution is -2.41. The van der Waals surface area contributed by atoms with Gasteiger partial charge in [0.25, 0.3) is 0 Å². The molecule has 0 spiro atoms. The van der Waals surface area contributed by atoms with E-state index in [9.17, 15) is 13.2 Å². The molecule has 0 aliphatic carbocycles. The van der Waals surface area contributed by atoms with Gasteiger partial charge in [-0.2, -0.15) is 0 Å². The van der Waals surface area contributed by atoms with Crippen LogP contribution in [0.4, 0.5) is 4.79 Å². The third kappa shape index (κ3) is 5.60. The topological polar surface area (TPSA) is 72.5 Å². The van der Waals surface area contributed by atoms with E-state index in [0.29, 0.717) is 6.42 Å². The maximum atomic E-state index is 12.8. The molecule has 0 aliphatic heterocycles. The Hall–Kier alpha value is -2.34. The Bertz CT molecular complexity index is 774. The highest BCUT2D eigenvalue weighted by molar-refractivity contribution is 7.92. The maximum Gasteiger partial charge on any atom is 0.408 e. The number of amides is 1. The van der Waals surface area contributed by atoms with Gasteiger partial charge in [0.05, 0.1) is 4.90 Å². The molecule has 134 valence electrons. The van der Waals surface area contributed by atoms with Gasteiger partial charge in [0.1, 0.15) is 12.0 Å². The minimum Gasteiger partial charge on any atom is -0.445 e. The summed E-state index contributed by atoms with van der Waals surface area (Å²) >= 11 is 0. The number of nitrogens with one attached hydrogen (secondary N) is 1. The second-order valence-electron chi connectivity index (χ2n) is 6.18. The Balaban J connectivity index is 2.08. The van der Waals surface area contributed by atoms with E-state index < -0.39 is 21.3 Å². The molecule has 5 nitrogen and oxygen atoms in total. The van der Waals surface area contributed by atoms with Crippen molar-refractivity contribution < 1.29 is 17.9 Å². The molecule has 1 unspecified atom stereocenters. The van der Waals surface area contributed by atoms with Crippen molar-refractivity contribution in [2.75, 3.05) is 0 Å². The summed E-state index contributed by atoms with van der Waals surface area (Å²) in [5.74, 6) is 0.0953. The van der Waals surface area contributed by atoms with E-state index in [1.807, 2.05) is 44.2 Å². The lowest BCUT2D eigenvalue weighted by atomic mass is 10.1. The van der Waals surface area contributed by atoms with Crippen LogP contribution in [0.15, 0.2) is 65.6 Å². The first-order valence-corrected chi connectivity index (χ1v) is 9.70. The van der Waals surface area contributed by atoms with Crippen molar-refractivity contribution in [3.8, 4) is 0 Å². The summed E-state index contributed by atoms with van der Waals surface area (Å²) in [5.41, 5.74) is 0.837. The minimum absolute atomic E-state index is 0.0897. The van der Waals surface area contributed by atoms with Gasteiger partial charge in [-0.25, -0.2) is 13.2 Å². The zero-order valence-electron chi connectivity index (χ0n) is 14.4. The SMILES string of the molecule is CC(C)CC(NC(=O)OCc1ccccc1)S(=O)(=O)c1ccccc1. The Morgan fingerprint density at radius 3 is 2.12 bits per heavy atom. The standard InChI is InChI=1S/C19H23NO4S/c1-15(2)13-18(25(22,23)17-11-7-4-8-12-17)20-19(21)24-14-16-9-5-3-6-10-16/h3-12,15,18H,13-14H2,1-2H3,(H,20,21). The summed E-state index contributed by atoms with van der Waals surface area (Å²) in [6.07, 6.45) is -0.438. The summed E-state index contributed by atoms with van der Waals surface area (Å²) in [7, 11) is -3.69. The summed E-state index contributed by atoms with van der Waals surface area (Å²) in [6.45, 7) is 3.90. The van der Waals surface area contributed by atoms with E-state index in [1.54, 1.807) is 18.2 Å². The summed E-state index contributed by atoms with van der Waals surface area (Å²) in [6, 6.07) is 17.3. The number of rotatable bonds is 7. The highest BCUT2D eigenvalue weighted by Gasteiger charge is 2.30. The molecule has 0 heterocycles. The van der Waals surface area contributed by atoms with Crippen LogP contribution >= 0.6 is 0 Å². The number of carbonyl (C=O) groups excluding carboxylic acids is 1. The Morgan fingerprint density at radius 2 is 1.56 bits per heavy atom. The van der Waals surface area contributed by atoms with Gasteiger partial charge in [-0.15, -0.1) is 0 Å². The largest absolute Gasteiger partial charge is 0.445 e. The van der Waals surface area contributed by atoms with Gasteiger partial charge in [0, 0.05) is 0 Å². The first-order chi connectivity index (χ1) is 11.9. The van der Waals surface area contributed by atoms with Crippen LogP contribution in [0.1, 0.15) is 25.8 Å². The van der Waals surface area contributed by atoms with E-state index in [2.05, 4.69) is 5.32 Å². The first kappa shape index (κ1) is 19.0. The number of hydrogen-bond donors (Lipinski definition) is 1. The predicted octanol–water partition coefficient (Wildman–Crippen LogP) is 3.76. The van der Waals surface area contributed by atoms with E-state index in [4.69, 9.17) is 4.74 Å². The minimum atomic E-state index is -3.69. The van der Waals surface area contributed by atoms with Crippen LogP contribution in [0.25, 0.3) is 0 Å². The lowest BCUT2D eigenvalue weighted by Gasteiger charge is -2.21. The predicted molar refractivity (Wildman–Crippen MR) is 96.6 cm³/mol. The fourth-order valence-corrected chi connectivity index (χ4v) is 4.12. The third-order valence-electron chi connectivity index (χ3n) is 3.62. The lowest BCUT2D eigenvalue weighted by molar-refractivity contribution is 0.137. The van der Waals surface area contributed by atoms with Crippen LogP contribution in [0.5, 0.6) is 0 Å². The summed E-state index contributed by atoms with van der Waals surface area (Å²) in [4.78, 5) is 12.3. The summed E-state index contributed by atoms with van der Waals surface area (Å²) in [5, 5.41) is 1.48. The van der Waals surface area contributed by atoms with E-state index >= 15 is 0 Å². The molecule has 0 bridgehead atoms. The van der Waals surface area contributed by atoms with Crippen molar-refractivity contribution in [1.82, 2.24) is 5.32 Å². The molecular formula is C19H23NO4S. The van der Waals surface area contributed by atoms with E-state index in [1.165, 1.54) is 12.1 Å². The molecule has 0 saturated carbocycles. The molecule has 0 aromatic heterocycles. The van der Waals surface area contributed by atoms with Gasteiger partial charge < -0.3 is 10.1 Å². The quantitative estimate of drug-likeness (QED) is 0.815. The number of carbonyl (C=O) groups is 1. The van der Waals surface area contributed by atoms with E-state index in [-0.39, 0.29) is 17.4 Å². The monoisotopic (exact) mass is 361 g/mol. The van der Waals surface area contributed by atoms with Gasteiger partial charge in [0.15, 0.2) is 9.84 Å². The molecule has 0 aliphatic rings. The smallest absolute Gasteiger partial charge is 0.408 e. The van der Waals surface area contributed by atoms with Crippen molar-refractivity contribution in [3.63, 3.8) is 0 Å². The van der Waals surface area contributed by atoms with Gasteiger partial charge in [-0.1, -0.05) is 62.4 Å². The average molecular weight is 361 g/mol. The molecule has 1 N–H and O–H groups in total.